The molecule has 0 unspecified atom stereocenters. The number of benzene rings is 4. The first-order valence-electron chi connectivity index (χ1n) is 34.0. The zero-order valence-electron chi connectivity index (χ0n) is 56.3. The van der Waals surface area contributed by atoms with E-state index in [1.807, 2.05) is 61.5 Å². The summed E-state index contributed by atoms with van der Waals surface area (Å²) in [5.41, 5.74) is 9.29. The van der Waals surface area contributed by atoms with Crippen LogP contribution in [0, 0.1) is 32.6 Å². The zero-order chi connectivity index (χ0) is 65.2. The number of aryl methyl sites for hydroxylation is 2. The zero-order valence-corrected chi connectivity index (χ0v) is 56.3. The number of aromatic nitrogens is 1. The number of piperidine rings is 1. The van der Waals surface area contributed by atoms with Crippen molar-refractivity contribution in [1.29, 1.82) is 0 Å². The number of anilines is 1. The number of carbonyl (C=O) groups excluding carboxylic acids is 4. The monoisotopic (exact) mass is 1260 g/mol. The van der Waals surface area contributed by atoms with Crippen LogP contribution in [-0.2, 0) is 48.0 Å². The summed E-state index contributed by atoms with van der Waals surface area (Å²) in [5.74, 6) is 2.41. The molecule has 3 saturated heterocycles. The lowest BCUT2D eigenvalue weighted by atomic mass is 9.83. The Labute approximate surface area is 547 Å². The number of carbonyl (C=O) groups is 4. The van der Waals surface area contributed by atoms with Gasteiger partial charge in [-0.2, -0.15) is 0 Å². The number of hydrogen-bond donors (Lipinski definition) is 1. The van der Waals surface area contributed by atoms with Gasteiger partial charge < -0.3 is 53.2 Å². The summed E-state index contributed by atoms with van der Waals surface area (Å²) in [5, 5.41) is 3.15. The minimum absolute atomic E-state index is 0.0209. The fraction of sp³-hybridized carbons (Fsp3) is 0.560. The first-order chi connectivity index (χ1) is 44.4. The van der Waals surface area contributed by atoms with Crippen LogP contribution in [0.1, 0.15) is 143 Å². The number of ether oxygens (including phenoxy) is 7. The second-order valence-corrected chi connectivity index (χ2v) is 26.6. The minimum Gasteiger partial charge on any atom is -0.491 e. The van der Waals surface area contributed by atoms with Gasteiger partial charge in [-0.25, -0.2) is 9.78 Å². The lowest BCUT2D eigenvalue weighted by Gasteiger charge is -2.41. The van der Waals surface area contributed by atoms with Gasteiger partial charge in [0.2, 0.25) is 17.7 Å². The highest BCUT2D eigenvalue weighted by atomic mass is 16.6. The Bertz CT molecular complexity index is 3180. The molecule has 0 spiro atoms. The Morgan fingerprint density at radius 1 is 0.728 bits per heavy atom. The predicted molar refractivity (Wildman–Crippen MR) is 360 cm³/mol. The van der Waals surface area contributed by atoms with Crippen molar-refractivity contribution in [2.45, 2.75) is 169 Å². The van der Waals surface area contributed by atoms with Crippen molar-refractivity contribution in [2.24, 2.45) is 11.8 Å². The van der Waals surface area contributed by atoms with E-state index in [2.05, 4.69) is 83.3 Å². The average molecular weight is 1260 g/mol. The lowest BCUT2D eigenvalue weighted by Crippen LogP contribution is -2.59. The van der Waals surface area contributed by atoms with Gasteiger partial charge in [-0.3, -0.25) is 19.3 Å². The van der Waals surface area contributed by atoms with E-state index in [4.69, 9.17) is 38.1 Å². The third-order valence-electron chi connectivity index (χ3n) is 19.0. The highest BCUT2D eigenvalue weighted by molar-refractivity contribution is 6.00. The van der Waals surface area contributed by atoms with Crippen LogP contribution < -0.4 is 24.4 Å². The number of amides is 3. The Morgan fingerprint density at radius 2 is 1.38 bits per heavy atom. The highest BCUT2D eigenvalue weighted by Gasteiger charge is 2.45. The molecule has 4 aromatic carbocycles. The molecule has 1 N–H and O–H groups in total. The second kappa shape index (κ2) is 33.7. The summed E-state index contributed by atoms with van der Waals surface area (Å²) in [4.78, 5) is 68.8. The molecule has 0 bridgehead atoms. The fourth-order valence-electron chi connectivity index (χ4n) is 13.6. The second-order valence-electron chi connectivity index (χ2n) is 26.6. The van der Waals surface area contributed by atoms with Crippen LogP contribution in [0.3, 0.4) is 0 Å². The van der Waals surface area contributed by atoms with E-state index >= 15 is 0 Å². The summed E-state index contributed by atoms with van der Waals surface area (Å²) in [7, 11) is 1.57. The molecule has 0 radical (unpaired) electrons. The minimum atomic E-state index is -0.794. The van der Waals surface area contributed by atoms with Crippen LogP contribution in [0.15, 0.2) is 97.1 Å². The van der Waals surface area contributed by atoms with Gasteiger partial charge in [-0.15, -0.1) is 0 Å². The fourth-order valence-corrected chi connectivity index (χ4v) is 13.6. The number of rotatable bonds is 30. The first-order valence-corrected chi connectivity index (χ1v) is 34.0. The van der Waals surface area contributed by atoms with Crippen LogP contribution in [0.4, 0.5) is 10.5 Å². The molecule has 9 rings (SSSR count). The van der Waals surface area contributed by atoms with Crippen molar-refractivity contribution < 1.29 is 52.3 Å². The van der Waals surface area contributed by atoms with Gasteiger partial charge in [-0.1, -0.05) is 73.9 Å². The van der Waals surface area contributed by atoms with Gasteiger partial charge in [0.15, 0.2) is 5.78 Å². The molecule has 3 amide bonds. The number of Topliss-reactive ketones (excluding diaryl/α,β-unsaturated/α-hetero) is 1. The topological polar surface area (TPSA) is 171 Å². The molecule has 92 heavy (non-hydrogen) atoms. The number of ketones is 1. The number of pyridine rings is 1. The SMILES string of the molecule is CCN(c1cc(-c2ccc(OCCOCCOCCOc3ccc(CCN4CC[C@@H]5CCN(C(=O)[C@@H](NC(=O)[C@H](C)N(C)C(=O)OC(C)(C)C)C6CCCCC6)[C@@H]5C4)cc3)cc2)cc(C(=O)CCc2c(C)cc(C)nc2OCc2ccccc2)c1C)C1CCOCC1. The molecule has 4 aliphatic rings. The summed E-state index contributed by atoms with van der Waals surface area (Å²) in [6.45, 7) is 24.0. The summed E-state index contributed by atoms with van der Waals surface area (Å²) >= 11 is 0. The van der Waals surface area contributed by atoms with E-state index in [0.29, 0.717) is 83.5 Å². The molecule has 1 aliphatic carbocycles. The van der Waals surface area contributed by atoms with Crippen LogP contribution in [0.25, 0.3) is 11.1 Å². The normalized spacial score (nSPS) is 17.9. The van der Waals surface area contributed by atoms with E-state index in [9.17, 15) is 19.2 Å². The molecule has 3 aliphatic heterocycles. The highest BCUT2D eigenvalue weighted by Crippen LogP contribution is 2.38. The third-order valence-corrected chi connectivity index (χ3v) is 19.0. The van der Waals surface area contributed by atoms with Crippen LogP contribution in [0.2, 0.25) is 0 Å². The summed E-state index contributed by atoms with van der Waals surface area (Å²) < 4.78 is 41.4. The number of nitrogens with one attached hydrogen (secondary N) is 1. The average Bonchev–Trinajstić information content (AvgIpc) is 1.30. The van der Waals surface area contributed by atoms with E-state index in [1.54, 1.807) is 34.7 Å². The van der Waals surface area contributed by atoms with E-state index < -0.39 is 23.8 Å². The van der Waals surface area contributed by atoms with Crippen molar-refractivity contribution in [2.75, 3.05) is 97.5 Å². The molecule has 17 heteroatoms. The Balaban J connectivity index is 0.687. The number of hydrogen-bond acceptors (Lipinski definition) is 14. The van der Waals surface area contributed by atoms with Crippen molar-refractivity contribution in [3.8, 4) is 28.5 Å². The Morgan fingerprint density at radius 3 is 2.04 bits per heavy atom. The van der Waals surface area contributed by atoms with Crippen molar-refractivity contribution >= 4 is 29.4 Å². The smallest absolute Gasteiger partial charge is 0.410 e. The number of likely N-dealkylation sites (tertiary alicyclic amines) is 2. The van der Waals surface area contributed by atoms with Crippen LogP contribution in [-0.4, -0.2) is 166 Å². The quantitative estimate of drug-likeness (QED) is 0.0340. The standard InChI is InChI=1S/C75H102N6O11/c1-10-80(62-34-39-86-40-35-62)67-49-61(48-66(54(67)4)69(82)30-29-65-52(2)47-53(3)76-72(65)91-51-57-17-13-11-14-18-57)58-23-27-64(28-24-58)90-46-44-88-42-41-87-43-45-89-63-25-21-56(22-26-63)31-36-79-37-32-59-33-38-81(68(59)50-79)73(84)70(60-19-15-12-16-20-60)77-71(83)55(5)78(9)74(85)92-75(6,7)8/h11,13-14,17-18,21-28,47-49,55,59-60,62,68,70H,10,12,15-16,19-20,29-46,50-51H2,1-9H3,(H,77,83)/t55-,59+,68+,70-/m0/s1. The van der Waals surface area contributed by atoms with E-state index in [-0.39, 0.29) is 29.6 Å². The largest absolute Gasteiger partial charge is 0.491 e. The molecule has 1 aromatic heterocycles. The predicted octanol–water partition coefficient (Wildman–Crippen LogP) is 12.4. The van der Waals surface area contributed by atoms with Crippen molar-refractivity contribution in [3.05, 3.63) is 136 Å². The van der Waals surface area contributed by atoms with Gasteiger partial charge in [0.25, 0.3) is 0 Å². The molecule has 17 nitrogen and oxygen atoms in total. The van der Waals surface area contributed by atoms with Crippen LogP contribution in [0.5, 0.6) is 17.4 Å². The van der Waals surface area contributed by atoms with Crippen molar-refractivity contribution in [1.82, 2.24) is 25.0 Å². The Hall–Kier alpha value is -7.05. The van der Waals surface area contributed by atoms with Gasteiger partial charge >= 0.3 is 6.09 Å². The van der Waals surface area contributed by atoms with Gasteiger partial charge in [0.1, 0.15) is 49.0 Å². The van der Waals surface area contributed by atoms with E-state index in [0.717, 1.165) is 165 Å². The molecule has 4 heterocycles. The van der Waals surface area contributed by atoms with Gasteiger partial charge in [0.05, 0.1) is 26.4 Å². The molecular formula is C75H102N6O11. The summed E-state index contributed by atoms with van der Waals surface area (Å²) in [6.07, 6.45) is 10.1. The molecule has 1 saturated carbocycles. The Kier molecular flexibility index (Phi) is 25.4. The lowest BCUT2D eigenvalue weighted by molar-refractivity contribution is -0.141. The molecule has 4 atom stereocenters. The van der Waals surface area contributed by atoms with Crippen molar-refractivity contribution in [3.63, 3.8) is 0 Å². The molecule has 498 valence electrons. The number of likely N-dealkylation sites (N-methyl/N-ethyl adjacent to an activating group) is 1. The molecule has 5 aromatic rings. The van der Waals surface area contributed by atoms with E-state index in [1.165, 1.54) is 10.5 Å². The molecular weight excluding hydrogens is 1160 g/mol. The van der Waals surface area contributed by atoms with Crippen LogP contribution >= 0.6 is 0 Å². The maximum atomic E-state index is 14.6. The van der Waals surface area contributed by atoms with Gasteiger partial charge in [0, 0.05) is 87.5 Å². The third kappa shape index (κ3) is 19.3. The number of nitrogens with zero attached hydrogens (tertiary/aromatic N) is 5. The molecule has 4 fully saturated rings. The number of fused-ring (bicyclic) bond motifs is 1. The maximum Gasteiger partial charge on any atom is 0.410 e. The van der Waals surface area contributed by atoms with Gasteiger partial charge in [-0.05, 0) is 201 Å². The summed E-state index contributed by atoms with van der Waals surface area (Å²) in [6, 6.07) is 31.8. The maximum absolute atomic E-state index is 14.6. The first kappa shape index (κ1) is 69.3.